The second-order valence-corrected chi connectivity index (χ2v) is 6.69. The Morgan fingerprint density at radius 3 is 2.04 bits per heavy atom. The quantitative estimate of drug-likeness (QED) is 0.858. The Morgan fingerprint density at radius 2 is 1.50 bits per heavy atom. The Labute approximate surface area is 142 Å². The van der Waals surface area contributed by atoms with Crippen molar-refractivity contribution in [3.8, 4) is 0 Å². The summed E-state index contributed by atoms with van der Waals surface area (Å²) in [5.74, 6) is -0.795. The first-order valence-corrected chi connectivity index (χ1v) is 7.97. The van der Waals surface area contributed by atoms with E-state index in [1.807, 2.05) is 57.2 Å². The normalized spacial score (nSPS) is 12.3. The van der Waals surface area contributed by atoms with Crippen LogP contribution in [0.2, 0.25) is 0 Å². The van der Waals surface area contributed by atoms with Crippen LogP contribution in [0.4, 0.5) is 0 Å². The highest BCUT2D eigenvalue weighted by molar-refractivity contribution is 5.92. The highest BCUT2D eigenvalue weighted by Crippen LogP contribution is 2.11. The lowest BCUT2D eigenvalue weighted by atomic mass is 10.0. The van der Waals surface area contributed by atoms with Gasteiger partial charge >= 0.3 is 5.97 Å². The number of esters is 1. The van der Waals surface area contributed by atoms with Gasteiger partial charge in [0.05, 0.1) is 5.56 Å². The molecule has 0 spiro atoms. The Balaban J connectivity index is 2.15. The molecule has 126 valence electrons. The topological polar surface area (TPSA) is 55.4 Å². The molecule has 0 heterocycles. The van der Waals surface area contributed by atoms with Crippen molar-refractivity contribution in [2.75, 3.05) is 0 Å². The molecule has 1 amide bonds. The number of hydrogen-bond acceptors (Lipinski definition) is 3. The smallest absolute Gasteiger partial charge is 0.338 e. The molecule has 1 unspecified atom stereocenters. The number of ether oxygens (including phenoxy) is 1. The molecule has 0 aromatic heterocycles. The van der Waals surface area contributed by atoms with E-state index in [9.17, 15) is 9.59 Å². The van der Waals surface area contributed by atoms with Gasteiger partial charge in [-0.15, -0.1) is 0 Å². The molecule has 0 aliphatic rings. The van der Waals surface area contributed by atoms with E-state index in [4.69, 9.17) is 4.74 Å². The third-order valence-corrected chi connectivity index (χ3v) is 3.31. The highest BCUT2D eigenvalue weighted by atomic mass is 16.5. The predicted octanol–water partition coefficient (Wildman–Crippen LogP) is 3.37. The zero-order chi connectivity index (χ0) is 17.6. The molecule has 0 aliphatic carbocycles. The largest absolute Gasteiger partial charge is 0.448 e. The second-order valence-electron chi connectivity index (χ2n) is 6.69. The van der Waals surface area contributed by atoms with Gasteiger partial charge in [0.25, 0.3) is 5.91 Å². The summed E-state index contributed by atoms with van der Waals surface area (Å²) in [6.45, 7) is 5.68. The van der Waals surface area contributed by atoms with Crippen LogP contribution in [0.15, 0.2) is 60.7 Å². The molecule has 0 saturated heterocycles. The van der Waals surface area contributed by atoms with Crippen molar-refractivity contribution in [1.82, 2.24) is 5.32 Å². The van der Waals surface area contributed by atoms with Gasteiger partial charge in [-0.3, -0.25) is 4.79 Å². The minimum absolute atomic E-state index is 0.296. The average Bonchev–Trinajstić information content (AvgIpc) is 2.54. The summed E-state index contributed by atoms with van der Waals surface area (Å²) < 4.78 is 5.50. The minimum atomic E-state index is -0.876. The Hall–Kier alpha value is -2.62. The molecule has 4 heteroatoms. The standard InChI is InChI=1S/C20H23NO3/c1-20(2,3)21-18(22)17(14-15-10-6-4-7-11-15)24-19(23)16-12-8-5-9-13-16/h4-13,17H,14H2,1-3H3,(H,21,22). The Morgan fingerprint density at radius 1 is 0.958 bits per heavy atom. The zero-order valence-corrected chi connectivity index (χ0v) is 14.3. The monoisotopic (exact) mass is 325 g/mol. The van der Waals surface area contributed by atoms with E-state index in [-0.39, 0.29) is 5.91 Å². The van der Waals surface area contributed by atoms with Crippen molar-refractivity contribution in [2.24, 2.45) is 0 Å². The van der Waals surface area contributed by atoms with Crippen LogP contribution in [0.1, 0.15) is 36.7 Å². The molecule has 1 N–H and O–H groups in total. The maximum Gasteiger partial charge on any atom is 0.338 e. The fourth-order valence-corrected chi connectivity index (χ4v) is 2.24. The van der Waals surface area contributed by atoms with Gasteiger partial charge in [0.1, 0.15) is 0 Å². The van der Waals surface area contributed by atoms with Gasteiger partial charge in [-0.05, 0) is 38.5 Å². The molecular weight excluding hydrogens is 302 g/mol. The van der Waals surface area contributed by atoms with Crippen molar-refractivity contribution in [1.29, 1.82) is 0 Å². The first kappa shape index (κ1) is 17.7. The fraction of sp³-hybridized carbons (Fsp3) is 0.300. The van der Waals surface area contributed by atoms with Crippen LogP contribution >= 0.6 is 0 Å². The number of rotatable bonds is 5. The molecule has 2 aromatic carbocycles. The third kappa shape index (κ3) is 5.54. The molecule has 0 radical (unpaired) electrons. The second kappa shape index (κ2) is 7.77. The maximum atomic E-state index is 12.5. The Bertz CT molecular complexity index is 675. The third-order valence-electron chi connectivity index (χ3n) is 3.31. The van der Waals surface area contributed by atoms with Crippen molar-refractivity contribution in [2.45, 2.75) is 38.8 Å². The van der Waals surface area contributed by atoms with Gasteiger partial charge in [0, 0.05) is 12.0 Å². The number of benzene rings is 2. The SMILES string of the molecule is CC(C)(C)NC(=O)C(Cc1ccccc1)OC(=O)c1ccccc1. The lowest BCUT2D eigenvalue weighted by Crippen LogP contribution is -2.48. The fourth-order valence-electron chi connectivity index (χ4n) is 2.24. The predicted molar refractivity (Wildman–Crippen MR) is 93.7 cm³/mol. The van der Waals surface area contributed by atoms with E-state index in [2.05, 4.69) is 5.32 Å². The molecule has 1 atom stereocenters. The summed E-state index contributed by atoms with van der Waals surface area (Å²) in [4.78, 5) is 24.9. The number of carbonyl (C=O) groups is 2. The van der Waals surface area contributed by atoms with Crippen molar-refractivity contribution in [3.05, 3.63) is 71.8 Å². The summed E-state index contributed by atoms with van der Waals surface area (Å²) >= 11 is 0. The minimum Gasteiger partial charge on any atom is -0.448 e. The molecule has 2 rings (SSSR count). The van der Waals surface area contributed by atoms with E-state index in [0.717, 1.165) is 5.56 Å². The van der Waals surface area contributed by atoms with Gasteiger partial charge in [-0.2, -0.15) is 0 Å². The summed E-state index contributed by atoms with van der Waals surface area (Å²) in [6, 6.07) is 18.2. The van der Waals surface area contributed by atoms with E-state index >= 15 is 0 Å². The van der Waals surface area contributed by atoms with E-state index in [0.29, 0.717) is 12.0 Å². The first-order valence-electron chi connectivity index (χ1n) is 7.97. The summed E-state index contributed by atoms with van der Waals surface area (Å²) in [7, 11) is 0. The van der Waals surface area contributed by atoms with Gasteiger partial charge in [0.2, 0.25) is 0 Å². The first-order chi connectivity index (χ1) is 11.3. The zero-order valence-electron chi connectivity index (χ0n) is 14.3. The van der Waals surface area contributed by atoms with Gasteiger partial charge in [-0.1, -0.05) is 48.5 Å². The van der Waals surface area contributed by atoms with Crippen LogP contribution in [0.3, 0.4) is 0 Å². The number of nitrogens with one attached hydrogen (secondary N) is 1. The van der Waals surface area contributed by atoms with Crippen LogP contribution in [-0.2, 0) is 16.0 Å². The molecule has 0 bridgehead atoms. The summed E-state index contributed by atoms with van der Waals surface area (Å²) in [5, 5.41) is 2.88. The van der Waals surface area contributed by atoms with Gasteiger partial charge in [-0.25, -0.2) is 4.79 Å². The van der Waals surface area contributed by atoms with Crippen molar-refractivity contribution in [3.63, 3.8) is 0 Å². The molecule has 2 aromatic rings. The lowest BCUT2D eigenvalue weighted by Gasteiger charge is -2.25. The van der Waals surface area contributed by atoms with Gasteiger partial charge in [0.15, 0.2) is 6.10 Å². The maximum absolute atomic E-state index is 12.5. The molecule has 4 nitrogen and oxygen atoms in total. The number of carbonyl (C=O) groups excluding carboxylic acids is 2. The van der Waals surface area contributed by atoms with Crippen LogP contribution in [0, 0.1) is 0 Å². The van der Waals surface area contributed by atoms with Crippen LogP contribution in [0.25, 0.3) is 0 Å². The van der Waals surface area contributed by atoms with Crippen molar-refractivity contribution >= 4 is 11.9 Å². The average molecular weight is 325 g/mol. The number of hydrogen-bond donors (Lipinski definition) is 1. The molecular formula is C20H23NO3. The lowest BCUT2D eigenvalue weighted by molar-refractivity contribution is -0.131. The van der Waals surface area contributed by atoms with E-state index in [1.54, 1.807) is 24.3 Å². The molecule has 0 fully saturated rings. The van der Waals surface area contributed by atoms with E-state index < -0.39 is 17.6 Å². The molecule has 0 aliphatic heterocycles. The van der Waals surface area contributed by atoms with Crippen LogP contribution < -0.4 is 5.32 Å². The van der Waals surface area contributed by atoms with Crippen LogP contribution in [0.5, 0.6) is 0 Å². The number of amides is 1. The van der Waals surface area contributed by atoms with E-state index in [1.165, 1.54) is 0 Å². The van der Waals surface area contributed by atoms with Crippen molar-refractivity contribution < 1.29 is 14.3 Å². The summed E-state index contributed by atoms with van der Waals surface area (Å²) in [6.07, 6.45) is -0.541. The summed E-state index contributed by atoms with van der Waals surface area (Å²) in [5.41, 5.74) is 0.970. The molecule has 0 saturated carbocycles. The Kier molecular flexibility index (Phi) is 5.74. The van der Waals surface area contributed by atoms with Crippen LogP contribution in [-0.4, -0.2) is 23.5 Å². The highest BCUT2D eigenvalue weighted by Gasteiger charge is 2.27. The molecule has 24 heavy (non-hydrogen) atoms. The van der Waals surface area contributed by atoms with Gasteiger partial charge < -0.3 is 10.1 Å².